The Labute approximate surface area is 193 Å². The number of rotatable bonds is 6. The second-order valence-electron chi connectivity index (χ2n) is 9.87. The van der Waals surface area contributed by atoms with Crippen molar-refractivity contribution < 1.29 is 13.5 Å². The number of hydrogen-bond donors (Lipinski definition) is 1. The molecule has 1 unspecified atom stereocenters. The first-order valence-corrected chi connectivity index (χ1v) is 11.7. The summed E-state index contributed by atoms with van der Waals surface area (Å²) in [7, 11) is 2.20. The van der Waals surface area contributed by atoms with E-state index in [-0.39, 0.29) is 17.6 Å². The lowest BCUT2D eigenvalue weighted by molar-refractivity contribution is -0.0494. The number of piperazine rings is 1. The van der Waals surface area contributed by atoms with Crippen LogP contribution in [-0.2, 0) is 0 Å². The fraction of sp³-hybridized carbons (Fsp3) is 0.583. The Hall–Kier alpha value is -2.52. The van der Waals surface area contributed by atoms with Crippen molar-refractivity contribution >= 4 is 11.4 Å². The first kappa shape index (κ1) is 22.3. The fourth-order valence-corrected chi connectivity index (χ4v) is 5.65. The lowest BCUT2D eigenvalue weighted by atomic mass is 10.0. The van der Waals surface area contributed by atoms with E-state index < -0.39 is 6.61 Å². The molecule has 0 spiro atoms. The Morgan fingerprint density at radius 3 is 2.64 bits per heavy atom. The first-order chi connectivity index (χ1) is 15.7. The molecule has 1 aliphatic heterocycles. The summed E-state index contributed by atoms with van der Waals surface area (Å²) >= 11 is 0. The molecule has 2 N–H and O–H groups in total. The number of anilines is 1. The summed E-state index contributed by atoms with van der Waals surface area (Å²) in [5.41, 5.74) is 11.1. The van der Waals surface area contributed by atoms with Crippen molar-refractivity contribution in [3.05, 3.63) is 29.6 Å². The average Bonchev–Trinajstić information content (AvgIpc) is 3.09. The Kier molecular flexibility index (Phi) is 5.64. The predicted molar refractivity (Wildman–Crippen MR) is 124 cm³/mol. The molecule has 2 fully saturated rings. The van der Waals surface area contributed by atoms with Crippen molar-refractivity contribution in [2.75, 3.05) is 32.4 Å². The van der Waals surface area contributed by atoms with E-state index in [1.54, 1.807) is 11.8 Å². The molecular formula is C24H32F2N6O. The van der Waals surface area contributed by atoms with E-state index in [0.29, 0.717) is 29.3 Å². The van der Waals surface area contributed by atoms with Gasteiger partial charge in [0, 0.05) is 55.4 Å². The van der Waals surface area contributed by atoms with E-state index >= 15 is 0 Å². The number of fused-ring (bicyclic) bond motifs is 1. The molecule has 0 bridgehead atoms. The summed E-state index contributed by atoms with van der Waals surface area (Å²) in [6.45, 7) is 6.98. The molecule has 0 radical (unpaired) electrons. The first-order valence-electron chi connectivity index (χ1n) is 11.7. The Bertz CT molecular complexity index is 1080. The smallest absolute Gasteiger partial charge is 0.387 e. The van der Waals surface area contributed by atoms with Gasteiger partial charge in [-0.1, -0.05) is 5.57 Å². The average molecular weight is 459 g/mol. The Morgan fingerprint density at radius 1 is 1.21 bits per heavy atom. The molecule has 2 aromatic heterocycles. The van der Waals surface area contributed by atoms with Crippen LogP contribution in [0.25, 0.3) is 16.8 Å². The van der Waals surface area contributed by atoms with Gasteiger partial charge in [0.05, 0.1) is 11.4 Å². The van der Waals surface area contributed by atoms with Gasteiger partial charge in [0.2, 0.25) is 0 Å². The van der Waals surface area contributed by atoms with Crippen LogP contribution >= 0.6 is 0 Å². The van der Waals surface area contributed by atoms with Crippen LogP contribution < -0.4 is 10.5 Å². The van der Waals surface area contributed by atoms with Gasteiger partial charge < -0.3 is 15.4 Å². The quantitative estimate of drug-likeness (QED) is 0.708. The Balaban J connectivity index is 1.39. The minimum atomic E-state index is -2.96. The van der Waals surface area contributed by atoms with E-state index in [2.05, 4.69) is 47.3 Å². The fourth-order valence-electron chi connectivity index (χ4n) is 5.65. The largest absolute Gasteiger partial charge is 0.431 e. The number of nitrogens with zero attached hydrogens (tertiary/aromatic N) is 5. The van der Waals surface area contributed by atoms with Gasteiger partial charge >= 0.3 is 6.61 Å². The van der Waals surface area contributed by atoms with Crippen LogP contribution in [0.4, 0.5) is 14.6 Å². The lowest BCUT2D eigenvalue weighted by Crippen LogP contribution is -2.53. The van der Waals surface area contributed by atoms with E-state index in [1.807, 2.05) is 10.7 Å². The summed E-state index contributed by atoms with van der Waals surface area (Å²) in [6, 6.07) is 4.93. The van der Waals surface area contributed by atoms with Crippen molar-refractivity contribution in [1.82, 2.24) is 24.6 Å². The number of nitrogen functional groups attached to an aromatic ring is 1. The third-order valence-corrected chi connectivity index (χ3v) is 7.24. The minimum Gasteiger partial charge on any atom is -0.431 e. The third-order valence-electron chi connectivity index (χ3n) is 7.24. The predicted octanol–water partition coefficient (Wildman–Crippen LogP) is 3.89. The molecule has 0 amide bonds. The van der Waals surface area contributed by atoms with Crippen molar-refractivity contribution in [2.24, 2.45) is 5.92 Å². The molecule has 2 aliphatic carbocycles. The van der Waals surface area contributed by atoms with Crippen molar-refractivity contribution in [3.8, 4) is 17.0 Å². The van der Waals surface area contributed by atoms with E-state index in [4.69, 9.17) is 10.8 Å². The van der Waals surface area contributed by atoms with Crippen LogP contribution in [0.15, 0.2) is 23.9 Å². The summed E-state index contributed by atoms with van der Waals surface area (Å²) in [5.74, 6) is 0.345. The highest BCUT2D eigenvalue weighted by molar-refractivity contribution is 5.87. The number of nitrogens with two attached hydrogens (primary N) is 1. The standard InChI is InChI=1S/C24H32F2N6O/c1-13(2)32-20(10-19(29-32)15-7-21(33-24(25)26)23(27)28-11-15)22-17-8-16(9-18(17)22)31-6-5-30(4)12-14(31)3/h7,10-11,13-14,16-17,24H,5-6,8-9,12H2,1-4H3,(H2,27,28)/t14-,16?,17+/m0/s1. The number of pyridine rings is 1. The monoisotopic (exact) mass is 458 g/mol. The van der Waals surface area contributed by atoms with Gasteiger partial charge in [0.15, 0.2) is 11.6 Å². The Morgan fingerprint density at radius 2 is 2.00 bits per heavy atom. The van der Waals surface area contributed by atoms with E-state index in [0.717, 1.165) is 31.7 Å². The van der Waals surface area contributed by atoms with Gasteiger partial charge in [-0.3, -0.25) is 9.58 Å². The van der Waals surface area contributed by atoms with Crippen LogP contribution in [0.2, 0.25) is 0 Å². The summed E-state index contributed by atoms with van der Waals surface area (Å²) in [5, 5.41) is 4.79. The van der Waals surface area contributed by atoms with E-state index in [1.165, 1.54) is 18.1 Å². The molecule has 9 heteroatoms. The molecule has 3 aliphatic rings. The van der Waals surface area contributed by atoms with Gasteiger partial charge in [-0.2, -0.15) is 13.9 Å². The highest BCUT2D eigenvalue weighted by atomic mass is 19.3. The molecule has 178 valence electrons. The number of hydrogen-bond acceptors (Lipinski definition) is 6. The number of ether oxygens (including phenoxy) is 1. The zero-order chi connectivity index (χ0) is 23.4. The van der Waals surface area contributed by atoms with Crippen molar-refractivity contribution in [3.63, 3.8) is 0 Å². The second-order valence-corrected chi connectivity index (χ2v) is 9.87. The normalized spacial score (nSPS) is 25.9. The molecule has 7 nitrogen and oxygen atoms in total. The third kappa shape index (κ3) is 4.12. The topological polar surface area (TPSA) is 72.4 Å². The van der Waals surface area contributed by atoms with Crippen LogP contribution in [0, 0.1) is 5.92 Å². The van der Waals surface area contributed by atoms with Gasteiger partial charge in [0.1, 0.15) is 0 Å². The molecule has 0 aromatic carbocycles. The number of aromatic nitrogens is 3. The number of alkyl halides is 2. The zero-order valence-corrected chi connectivity index (χ0v) is 19.6. The molecule has 1 saturated carbocycles. The van der Waals surface area contributed by atoms with Crippen LogP contribution in [0.1, 0.15) is 45.3 Å². The number of likely N-dealkylation sites (N-methyl/N-ethyl adjacent to an activating group) is 1. The molecule has 1 saturated heterocycles. The van der Waals surface area contributed by atoms with Gasteiger partial charge in [-0.15, -0.1) is 0 Å². The maximum Gasteiger partial charge on any atom is 0.387 e. The van der Waals surface area contributed by atoms with Gasteiger partial charge in [-0.05, 0) is 58.4 Å². The van der Waals surface area contributed by atoms with Crippen LogP contribution in [0.5, 0.6) is 5.75 Å². The minimum absolute atomic E-state index is 0.0617. The molecule has 33 heavy (non-hydrogen) atoms. The second kappa shape index (κ2) is 8.36. The highest BCUT2D eigenvalue weighted by Crippen LogP contribution is 2.58. The number of allylic oxidation sites excluding steroid dienone is 1. The maximum atomic E-state index is 12.7. The van der Waals surface area contributed by atoms with Gasteiger partial charge in [0.25, 0.3) is 0 Å². The van der Waals surface area contributed by atoms with Gasteiger partial charge in [-0.25, -0.2) is 4.98 Å². The molecule has 3 atom stereocenters. The SMILES string of the molecule is CC(C)n1nc(-c2cnc(N)c(OC(F)F)c2)cc1C1=C2CC(N3CCN(C)C[C@@H]3C)C[C@H]21. The van der Waals surface area contributed by atoms with Crippen LogP contribution in [-0.4, -0.2) is 69.9 Å². The molecule has 5 rings (SSSR count). The lowest BCUT2D eigenvalue weighted by Gasteiger charge is -2.42. The number of halogens is 2. The summed E-state index contributed by atoms with van der Waals surface area (Å²) < 4.78 is 32.0. The highest BCUT2D eigenvalue weighted by Gasteiger charge is 2.49. The summed E-state index contributed by atoms with van der Waals surface area (Å²) in [4.78, 5) is 9.13. The summed E-state index contributed by atoms with van der Waals surface area (Å²) in [6.07, 6.45) is 3.86. The van der Waals surface area contributed by atoms with Crippen LogP contribution in [0.3, 0.4) is 0 Å². The van der Waals surface area contributed by atoms with Crippen molar-refractivity contribution in [1.29, 1.82) is 0 Å². The maximum absolute atomic E-state index is 12.7. The molecule has 2 aromatic rings. The zero-order valence-electron chi connectivity index (χ0n) is 19.6. The molecule has 3 heterocycles. The van der Waals surface area contributed by atoms with E-state index in [9.17, 15) is 8.78 Å². The van der Waals surface area contributed by atoms with Crippen molar-refractivity contribution in [2.45, 2.75) is 58.3 Å². The molecular weight excluding hydrogens is 426 g/mol.